The number of fused-ring (bicyclic) bond motifs is 7. The number of aliphatic imine (C=N–C) groups is 1. The zero-order chi connectivity index (χ0) is 34.2. The fourth-order valence-corrected chi connectivity index (χ4v) is 7.48. The van der Waals surface area contributed by atoms with Gasteiger partial charge in [-0.05, 0) is 60.6 Å². The molecule has 8 rings (SSSR count). The van der Waals surface area contributed by atoms with E-state index in [0.29, 0.717) is 66.1 Å². The number of benzene rings is 4. The van der Waals surface area contributed by atoms with Gasteiger partial charge in [0, 0.05) is 43.5 Å². The second kappa shape index (κ2) is 13.4. The number of para-hydroxylation sites is 1. The Labute approximate surface area is 291 Å². The molecule has 1 N–H and O–H groups in total. The molecule has 4 aliphatic rings. The third-order valence-corrected chi connectivity index (χ3v) is 10.1. The number of ether oxygens (including phenoxy) is 4. The molecule has 2 atom stereocenters. The molecule has 0 bridgehead atoms. The molecule has 0 spiro atoms. The number of amides is 2. The third kappa shape index (κ3) is 5.78. The lowest BCUT2D eigenvalue weighted by Crippen LogP contribution is -2.45. The summed E-state index contributed by atoms with van der Waals surface area (Å²) in [6.45, 7) is 2.24. The number of hydrogen-bond donors (Lipinski definition) is 1. The van der Waals surface area contributed by atoms with Crippen LogP contribution in [0.2, 0.25) is 0 Å². The van der Waals surface area contributed by atoms with Crippen molar-refractivity contribution in [1.82, 2.24) is 4.90 Å². The highest BCUT2D eigenvalue weighted by molar-refractivity contribution is 6.14. The lowest BCUT2D eigenvalue weighted by atomic mass is 9.94. The number of rotatable bonds is 10. The van der Waals surface area contributed by atoms with Crippen molar-refractivity contribution in [3.05, 3.63) is 101 Å². The Hall–Kier alpha value is -5.51. The molecule has 4 aromatic carbocycles. The van der Waals surface area contributed by atoms with Gasteiger partial charge in [-0.25, -0.2) is 0 Å². The Morgan fingerprint density at radius 3 is 2.18 bits per heavy atom. The zero-order valence-corrected chi connectivity index (χ0v) is 28.3. The summed E-state index contributed by atoms with van der Waals surface area (Å²) in [5.41, 5.74) is 7.02. The van der Waals surface area contributed by atoms with E-state index in [9.17, 15) is 9.59 Å². The lowest BCUT2D eigenvalue weighted by Gasteiger charge is -2.35. The molecule has 0 unspecified atom stereocenters. The van der Waals surface area contributed by atoms with Crippen molar-refractivity contribution in [3.63, 3.8) is 0 Å². The fraction of sp³-hybridized carbons (Fsp3) is 0.325. The maximum Gasteiger partial charge on any atom is 0.261 e. The molecule has 0 saturated carbocycles. The van der Waals surface area contributed by atoms with Crippen molar-refractivity contribution in [2.75, 3.05) is 44.2 Å². The fourth-order valence-electron chi connectivity index (χ4n) is 7.48. The summed E-state index contributed by atoms with van der Waals surface area (Å²) < 4.78 is 23.6. The summed E-state index contributed by atoms with van der Waals surface area (Å²) in [4.78, 5) is 35.9. The van der Waals surface area contributed by atoms with E-state index in [1.54, 1.807) is 32.4 Å². The predicted molar refractivity (Wildman–Crippen MR) is 192 cm³/mol. The van der Waals surface area contributed by atoms with E-state index in [4.69, 9.17) is 23.9 Å². The first-order valence-corrected chi connectivity index (χ1v) is 17.3. The molecular formula is C40H40N4O6. The van der Waals surface area contributed by atoms with Crippen LogP contribution in [0, 0.1) is 0 Å². The minimum absolute atomic E-state index is 0.00461. The number of hydrogen-bond acceptors (Lipinski definition) is 8. The monoisotopic (exact) mass is 672 g/mol. The van der Waals surface area contributed by atoms with Gasteiger partial charge in [-0.1, -0.05) is 42.5 Å². The van der Waals surface area contributed by atoms with Gasteiger partial charge in [-0.3, -0.25) is 19.5 Å². The van der Waals surface area contributed by atoms with Crippen LogP contribution in [0.3, 0.4) is 0 Å². The maximum absolute atomic E-state index is 13.7. The number of unbranched alkanes of at least 4 members (excludes halogenated alkanes) is 2. The van der Waals surface area contributed by atoms with Crippen molar-refractivity contribution < 1.29 is 28.5 Å². The molecule has 4 aliphatic heterocycles. The van der Waals surface area contributed by atoms with E-state index < -0.39 is 0 Å². The second-order valence-electron chi connectivity index (χ2n) is 13.1. The van der Waals surface area contributed by atoms with E-state index in [-0.39, 0.29) is 23.9 Å². The second-order valence-corrected chi connectivity index (χ2v) is 13.1. The minimum Gasteiger partial charge on any atom is -0.493 e. The molecule has 10 nitrogen and oxygen atoms in total. The third-order valence-electron chi connectivity index (χ3n) is 10.1. The van der Waals surface area contributed by atoms with Gasteiger partial charge in [-0.15, -0.1) is 0 Å². The summed E-state index contributed by atoms with van der Waals surface area (Å²) in [6, 6.07) is 23.5. The first-order chi connectivity index (χ1) is 24.5. The lowest BCUT2D eigenvalue weighted by molar-refractivity contribution is 0.0660. The molecular weight excluding hydrogens is 632 g/mol. The smallest absolute Gasteiger partial charge is 0.261 e. The van der Waals surface area contributed by atoms with Gasteiger partial charge in [-0.2, -0.15) is 0 Å². The first-order valence-electron chi connectivity index (χ1n) is 17.3. The molecule has 0 aliphatic carbocycles. The number of carbonyl (C=O) groups is 2. The highest BCUT2D eigenvalue weighted by atomic mass is 16.5. The van der Waals surface area contributed by atoms with Crippen LogP contribution < -0.4 is 29.2 Å². The van der Waals surface area contributed by atoms with Crippen molar-refractivity contribution in [2.24, 2.45) is 4.99 Å². The Bertz CT molecular complexity index is 1990. The largest absolute Gasteiger partial charge is 0.493 e. The van der Waals surface area contributed by atoms with Gasteiger partial charge >= 0.3 is 0 Å². The molecule has 2 amide bonds. The topological polar surface area (TPSA) is 102 Å². The van der Waals surface area contributed by atoms with Gasteiger partial charge in [0.25, 0.3) is 11.8 Å². The van der Waals surface area contributed by atoms with Gasteiger partial charge in [0.1, 0.15) is 0 Å². The molecule has 0 fully saturated rings. The van der Waals surface area contributed by atoms with Crippen molar-refractivity contribution in [1.29, 1.82) is 0 Å². The molecule has 0 aromatic heterocycles. The van der Waals surface area contributed by atoms with Gasteiger partial charge in [0.15, 0.2) is 23.0 Å². The van der Waals surface area contributed by atoms with Crippen LogP contribution in [-0.4, -0.2) is 69.0 Å². The average molecular weight is 673 g/mol. The van der Waals surface area contributed by atoms with Crippen molar-refractivity contribution in [3.8, 4) is 23.0 Å². The standard InChI is InChI=1S/C40H40N4O6/c1-47-35-18-30-32(41-22-28-16-25-10-4-5-12-27(25)24-43(28)39(30)45)20-37(35)49-14-8-3-9-15-50-38-21-33-31(19-36(38)48-2)40(46)44-29(23-42-33)17-26-11-6-7-13-34(26)44/h4-7,10-13,18-21,23,28-29,41H,3,8-9,14-17,22,24H2,1-2H3/t28-,29-/m0/s1. The van der Waals surface area contributed by atoms with Crippen LogP contribution in [0.1, 0.15) is 56.7 Å². The van der Waals surface area contributed by atoms with Gasteiger partial charge < -0.3 is 29.2 Å². The van der Waals surface area contributed by atoms with Crippen molar-refractivity contribution >= 4 is 35.1 Å². The number of nitrogens with zero attached hydrogens (tertiary/aromatic N) is 3. The summed E-state index contributed by atoms with van der Waals surface area (Å²) >= 11 is 0. The maximum atomic E-state index is 13.7. The Kier molecular flexibility index (Phi) is 8.52. The Balaban J connectivity index is 0.860. The number of nitrogens with one attached hydrogen (secondary N) is 1. The van der Waals surface area contributed by atoms with E-state index in [1.165, 1.54) is 11.1 Å². The van der Waals surface area contributed by atoms with Crippen LogP contribution in [-0.2, 0) is 19.4 Å². The van der Waals surface area contributed by atoms with Crippen molar-refractivity contribution in [2.45, 2.75) is 50.7 Å². The summed E-state index contributed by atoms with van der Waals surface area (Å²) in [5.74, 6) is 2.13. The Morgan fingerprint density at radius 2 is 1.42 bits per heavy atom. The SMILES string of the molecule is COc1cc2c(cc1OCCCCCOc1cc3c(cc1OC)C(=O)N1Cc4ccccc4C[C@H]1CN3)N=C[C@@H]1Cc3ccccc3N1C2=O. The normalized spacial score (nSPS) is 18.4. The number of anilines is 2. The number of carbonyl (C=O) groups excluding carboxylic acids is 2. The van der Waals surface area contributed by atoms with E-state index in [2.05, 4.69) is 29.6 Å². The molecule has 10 heteroatoms. The summed E-state index contributed by atoms with van der Waals surface area (Å²) in [7, 11) is 3.18. The first kappa shape index (κ1) is 31.7. The average Bonchev–Trinajstić information content (AvgIpc) is 3.40. The molecule has 4 aromatic rings. The molecule has 50 heavy (non-hydrogen) atoms. The highest BCUT2D eigenvalue weighted by Gasteiger charge is 2.37. The van der Waals surface area contributed by atoms with E-state index in [1.807, 2.05) is 46.3 Å². The number of methoxy groups -OCH3 is 2. The van der Waals surface area contributed by atoms with Gasteiger partial charge in [0.2, 0.25) is 0 Å². The van der Waals surface area contributed by atoms with Crippen LogP contribution >= 0.6 is 0 Å². The van der Waals surface area contributed by atoms with Crippen LogP contribution in [0.4, 0.5) is 17.1 Å². The summed E-state index contributed by atoms with van der Waals surface area (Å²) in [6.07, 6.45) is 5.92. The molecule has 256 valence electrons. The molecule has 4 heterocycles. The summed E-state index contributed by atoms with van der Waals surface area (Å²) in [5, 5.41) is 3.50. The quantitative estimate of drug-likeness (QED) is 0.189. The van der Waals surface area contributed by atoms with Crippen LogP contribution in [0.15, 0.2) is 77.8 Å². The zero-order valence-electron chi connectivity index (χ0n) is 28.3. The van der Waals surface area contributed by atoms with Gasteiger partial charge in [0.05, 0.1) is 62.0 Å². The molecule has 0 radical (unpaired) electrons. The Morgan fingerprint density at radius 1 is 0.740 bits per heavy atom. The van der Waals surface area contributed by atoms with E-state index >= 15 is 0 Å². The molecule has 0 saturated heterocycles. The highest BCUT2D eigenvalue weighted by Crippen LogP contribution is 2.41. The van der Waals surface area contributed by atoms with Crippen LogP contribution in [0.25, 0.3) is 0 Å². The predicted octanol–water partition coefficient (Wildman–Crippen LogP) is 6.61. The van der Waals surface area contributed by atoms with E-state index in [0.717, 1.165) is 49.0 Å². The minimum atomic E-state index is -0.116. The van der Waals surface area contributed by atoms with Crippen LogP contribution in [0.5, 0.6) is 23.0 Å².